The van der Waals surface area contributed by atoms with Gasteiger partial charge in [0.15, 0.2) is 4.67 Å². The normalized spacial score (nSPS) is 10.9. The summed E-state index contributed by atoms with van der Waals surface area (Å²) in [5.74, 6) is 1.01. The van der Waals surface area contributed by atoms with Crippen LogP contribution in [0.5, 0.6) is 0 Å². The number of rotatable bonds is 5. The first-order valence-corrected chi connectivity index (χ1v) is 7.33. The fourth-order valence-corrected chi connectivity index (χ4v) is 3.15. The zero-order valence-electron chi connectivity index (χ0n) is 8.50. The van der Waals surface area contributed by atoms with E-state index in [0.717, 1.165) is 29.9 Å². The van der Waals surface area contributed by atoms with Gasteiger partial charge in [0, 0.05) is 24.4 Å². The van der Waals surface area contributed by atoms with Crippen LogP contribution in [-0.4, -0.2) is 6.54 Å². The van der Waals surface area contributed by atoms with Gasteiger partial charge in [-0.2, -0.15) is 0 Å². The first-order valence-electron chi connectivity index (χ1n) is 4.93. The van der Waals surface area contributed by atoms with Crippen molar-refractivity contribution in [1.82, 2.24) is 5.32 Å². The van der Waals surface area contributed by atoms with E-state index < -0.39 is 0 Å². The molecule has 16 heavy (non-hydrogen) atoms. The minimum absolute atomic E-state index is 0.796. The minimum atomic E-state index is 0.796. The smallest absolute Gasteiger partial charge is 0.169 e. The lowest BCUT2D eigenvalue weighted by Crippen LogP contribution is -2.15. The zero-order chi connectivity index (χ0) is 11.4. The molecule has 2 rings (SSSR count). The number of hydrogen-bond donors (Lipinski definition) is 1. The summed E-state index contributed by atoms with van der Waals surface area (Å²) in [6.45, 7) is 1.84. The third-order valence-electron chi connectivity index (χ3n) is 2.11. The first-order chi connectivity index (χ1) is 7.74. The lowest BCUT2D eigenvalue weighted by atomic mass is 10.3. The standard InChI is InChI=1S/C11H11Br2NOS/c12-10-3-1-8(15-10)5-6-14-7-9-2-4-11(13)16-9/h1-4,14H,5-7H2. The monoisotopic (exact) mass is 363 g/mol. The number of nitrogens with one attached hydrogen (secondary N) is 1. The van der Waals surface area contributed by atoms with E-state index in [4.69, 9.17) is 4.42 Å². The molecule has 0 aliphatic carbocycles. The molecule has 0 unspecified atom stereocenters. The van der Waals surface area contributed by atoms with Crippen molar-refractivity contribution in [2.24, 2.45) is 0 Å². The SMILES string of the molecule is Brc1ccc(CCNCc2ccc(Br)s2)o1. The summed E-state index contributed by atoms with van der Waals surface area (Å²) >= 11 is 8.50. The molecule has 2 heterocycles. The highest BCUT2D eigenvalue weighted by atomic mass is 79.9. The maximum Gasteiger partial charge on any atom is 0.169 e. The average molecular weight is 365 g/mol. The number of furan rings is 1. The highest BCUT2D eigenvalue weighted by Crippen LogP contribution is 2.21. The Balaban J connectivity index is 1.69. The summed E-state index contributed by atoms with van der Waals surface area (Å²) in [7, 11) is 0. The quantitative estimate of drug-likeness (QED) is 0.804. The van der Waals surface area contributed by atoms with Gasteiger partial charge in [-0.05, 0) is 56.1 Å². The maximum atomic E-state index is 5.41. The highest BCUT2D eigenvalue weighted by molar-refractivity contribution is 9.11. The zero-order valence-corrected chi connectivity index (χ0v) is 12.5. The summed E-state index contributed by atoms with van der Waals surface area (Å²) in [6.07, 6.45) is 0.915. The van der Waals surface area contributed by atoms with E-state index in [-0.39, 0.29) is 0 Å². The van der Waals surface area contributed by atoms with Gasteiger partial charge >= 0.3 is 0 Å². The van der Waals surface area contributed by atoms with Crippen LogP contribution in [0.3, 0.4) is 0 Å². The topological polar surface area (TPSA) is 25.2 Å². The second-order valence-corrected chi connectivity index (χ2v) is 6.67. The average Bonchev–Trinajstić information content (AvgIpc) is 2.83. The predicted molar refractivity (Wildman–Crippen MR) is 73.8 cm³/mol. The van der Waals surface area contributed by atoms with Gasteiger partial charge in [0.25, 0.3) is 0 Å². The first kappa shape index (κ1) is 12.4. The molecule has 0 atom stereocenters. The molecule has 86 valence electrons. The van der Waals surface area contributed by atoms with E-state index in [1.54, 1.807) is 11.3 Å². The van der Waals surface area contributed by atoms with Crippen LogP contribution < -0.4 is 5.32 Å². The van der Waals surface area contributed by atoms with E-state index in [0.29, 0.717) is 0 Å². The second kappa shape index (κ2) is 6.00. The molecule has 5 heteroatoms. The number of hydrogen-bond acceptors (Lipinski definition) is 3. The van der Waals surface area contributed by atoms with E-state index >= 15 is 0 Å². The van der Waals surface area contributed by atoms with Crippen LogP contribution in [0.4, 0.5) is 0 Å². The highest BCUT2D eigenvalue weighted by Gasteiger charge is 2.00. The van der Waals surface area contributed by atoms with Gasteiger partial charge in [-0.25, -0.2) is 0 Å². The molecule has 0 fully saturated rings. The van der Waals surface area contributed by atoms with E-state index in [1.807, 2.05) is 12.1 Å². The van der Waals surface area contributed by atoms with Crippen molar-refractivity contribution < 1.29 is 4.42 Å². The van der Waals surface area contributed by atoms with Crippen LogP contribution in [0, 0.1) is 0 Å². The van der Waals surface area contributed by atoms with Crippen molar-refractivity contribution >= 4 is 43.2 Å². The van der Waals surface area contributed by atoms with Crippen molar-refractivity contribution in [2.75, 3.05) is 6.54 Å². The van der Waals surface area contributed by atoms with Crippen molar-refractivity contribution in [3.05, 3.63) is 43.4 Å². The van der Waals surface area contributed by atoms with Gasteiger partial charge in [-0.3, -0.25) is 0 Å². The molecule has 0 saturated carbocycles. The molecule has 0 aliphatic heterocycles. The molecule has 0 aliphatic rings. The molecule has 0 radical (unpaired) electrons. The van der Waals surface area contributed by atoms with Crippen molar-refractivity contribution in [3.63, 3.8) is 0 Å². The molecular formula is C11H11Br2NOS. The van der Waals surface area contributed by atoms with Crippen LogP contribution in [0.25, 0.3) is 0 Å². The molecule has 2 nitrogen and oxygen atoms in total. The lowest BCUT2D eigenvalue weighted by molar-refractivity contribution is 0.480. The largest absolute Gasteiger partial charge is 0.454 e. The Bertz CT molecular complexity index is 410. The number of halogens is 2. The van der Waals surface area contributed by atoms with Crippen LogP contribution in [-0.2, 0) is 13.0 Å². The fourth-order valence-electron chi connectivity index (χ4n) is 1.36. The van der Waals surface area contributed by atoms with Gasteiger partial charge in [0.05, 0.1) is 3.79 Å². The molecule has 0 spiro atoms. The summed E-state index contributed by atoms with van der Waals surface area (Å²) in [5.41, 5.74) is 0. The molecule has 2 aromatic rings. The Morgan fingerprint density at radius 3 is 2.69 bits per heavy atom. The Morgan fingerprint density at radius 2 is 2.06 bits per heavy atom. The Hall–Kier alpha value is -0.100. The molecule has 0 saturated heterocycles. The Kier molecular flexibility index (Phi) is 4.64. The van der Waals surface area contributed by atoms with Crippen molar-refractivity contribution in [2.45, 2.75) is 13.0 Å². The summed E-state index contributed by atoms with van der Waals surface area (Å²) in [4.78, 5) is 1.34. The van der Waals surface area contributed by atoms with Crippen molar-refractivity contribution in [3.8, 4) is 0 Å². The van der Waals surface area contributed by atoms with E-state index in [2.05, 4.69) is 49.3 Å². The Morgan fingerprint density at radius 1 is 1.19 bits per heavy atom. The lowest BCUT2D eigenvalue weighted by Gasteiger charge is -2.00. The summed E-state index contributed by atoms with van der Waals surface area (Å²) in [5, 5.41) is 3.39. The second-order valence-electron chi connectivity index (χ2n) is 3.34. The minimum Gasteiger partial charge on any atom is -0.454 e. The van der Waals surface area contributed by atoms with E-state index in [9.17, 15) is 0 Å². The molecular weight excluding hydrogens is 354 g/mol. The summed E-state index contributed by atoms with van der Waals surface area (Å²) in [6, 6.07) is 8.12. The third-order valence-corrected chi connectivity index (χ3v) is 4.15. The maximum absolute atomic E-state index is 5.41. The van der Waals surface area contributed by atoms with Gasteiger partial charge in [0.1, 0.15) is 5.76 Å². The molecule has 2 aromatic heterocycles. The van der Waals surface area contributed by atoms with E-state index in [1.165, 1.54) is 8.66 Å². The van der Waals surface area contributed by atoms with Gasteiger partial charge in [-0.15, -0.1) is 11.3 Å². The van der Waals surface area contributed by atoms with Crippen LogP contribution in [0.15, 0.2) is 37.1 Å². The molecule has 0 bridgehead atoms. The molecule has 0 amide bonds. The van der Waals surface area contributed by atoms with Crippen LogP contribution >= 0.6 is 43.2 Å². The predicted octanol–water partition coefficient (Wildman–Crippen LogP) is 4.20. The van der Waals surface area contributed by atoms with Gasteiger partial charge < -0.3 is 9.73 Å². The Labute approximate surface area is 115 Å². The summed E-state index contributed by atoms with van der Waals surface area (Å²) < 4.78 is 7.39. The molecule has 1 N–H and O–H groups in total. The van der Waals surface area contributed by atoms with Crippen molar-refractivity contribution in [1.29, 1.82) is 0 Å². The van der Waals surface area contributed by atoms with Crippen LogP contribution in [0.1, 0.15) is 10.6 Å². The third kappa shape index (κ3) is 3.73. The molecule has 0 aromatic carbocycles. The van der Waals surface area contributed by atoms with Gasteiger partial charge in [-0.1, -0.05) is 0 Å². The number of thiophene rings is 1. The fraction of sp³-hybridized carbons (Fsp3) is 0.273. The van der Waals surface area contributed by atoms with Gasteiger partial charge in [0.2, 0.25) is 0 Å². The van der Waals surface area contributed by atoms with Crippen LogP contribution in [0.2, 0.25) is 0 Å².